The third-order valence-corrected chi connectivity index (χ3v) is 3.62. The normalized spacial score (nSPS) is 17.0. The quantitative estimate of drug-likeness (QED) is 0.805. The predicted molar refractivity (Wildman–Crippen MR) is 70.0 cm³/mol. The van der Waals surface area contributed by atoms with E-state index in [4.69, 9.17) is 14.0 Å². The summed E-state index contributed by atoms with van der Waals surface area (Å²) >= 11 is 3.33. The number of hydrogen-bond acceptors (Lipinski definition) is 6. The summed E-state index contributed by atoms with van der Waals surface area (Å²) < 4.78 is 16.2. The van der Waals surface area contributed by atoms with Crippen LogP contribution in [0.5, 0.6) is 5.75 Å². The summed E-state index contributed by atoms with van der Waals surface area (Å²) in [6.45, 7) is 3.24. The molecule has 100 valence electrons. The van der Waals surface area contributed by atoms with Gasteiger partial charge in [0.05, 0.1) is 25.7 Å². The third kappa shape index (κ3) is 2.12. The molecule has 2 aromatic heterocycles. The number of halogens is 1. The van der Waals surface area contributed by atoms with Crippen LogP contribution in [-0.4, -0.2) is 35.4 Å². The van der Waals surface area contributed by atoms with E-state index in [0.717, 1.165) is 0 Å². The molecule has 0 aromatic carbocycles. The van der Waals surface area contributed by atoms with Crippen LogP contribution in [0.25, 0.3) is 11.5 Å². The number of methoxy groups -OCH3 is 1. The van der Waals surface area contributed by atoms with Crippen LogP contribution in [-0.2, 0) is 10.2 Å². The first-order chi connectivity index (χ1) is 9.12. The lowest BCUT2D eigenvalue weighted by atomic mass is 9.89. The van der Waals surface area contributed by atoms with Crippen LogP contribution in [0.15, 0.2) is 21.3 Å². The summed E-state index contributed by atoms with van der Waals surface area (Å²) in [6.07, 6.45) is 0. The largest absolute Gasteiger partial charge is 0.494 e. The van der Waals surface area contributed by atoms with Crippen molar-refractivity contribution >= 4 is 15.9 Å². The molecule has 0 spiro atoms. The Balaban J connectivity index is 1.92. The van der Waals surface area contributed by atoms with Gasteiger partial charge in [-0.25, -0.2) is 4.98 Å². The summed E-state index contributed by atoms with van der Waals surface area (Å²) in [5, 5.41) is 3.97. The Hall–Kier alpha value is -1.47. The molecular formula is C12H12BrN3O3. The van der Waals surface area contributed by atoms with Crippen molar-refractivity contribution in [1.82, 2.24) is 15.1 Å². The minimum atomic E-state index is -0.172. The van der Waals surface area contributed by atoms with Gasteiger partial charge in [-0.2, -0.15) is 4.98 Å². The highest BCUT2D eigenvalue weighted by molar-refractivity contribution is 9.10. The average Bonchev–Trinajstić information content (AvgIpc) is 2.85. The van der Waals surface area contributed by atoms with E-state index >= 15 is 0 Å². The van der Waals surface area contributed by atoms with Crippen molar-refractivity contribution in [2.45, 2.75) is 12.3 Å². The lowest BCUT2D eigenvalue weighted by Gasteiger charge is -2.33. The first kappa shape index (κ1) is 12.6. The molecule has 7 heteroatoms. The van der Waals surface area contributed by atoms with Crippen LogP contribution in [0, 0.1) is 0 Å². The van der Waals surface area contributed by atoms with E-state index in [-0.39, 0.29) is 5.41 Å². The van der Waals surface area contributed by atoms with Crippen LogP contribution in [0.3, 0.4) is 0 Å². The number of pyridine rings is 1. The summed E-state index contributed by atoms with van der Waals surface area (Å²) in [6, 6.07) is 3.59. The molecule has 3 heterocycles. The SMILES string of the molecule is COc1ccc(-c2noc(C3(C)COC3)n2)nc1Br. The number of hydrogen-bond donors (Lipinski definition) is 0. The number of rotatable bonds is 3. The Labute approximate surface area is 118 Å². The van der Waals surface area contributed by atoms with Crippen molar-refractivity contribution in [3.63, 3.8) is 0 Å². The molecular weight excluding hydrogens is 314 g/mol. The Kier molecular flexibility index (Phi) is 3.02. The van der Waals surface area contributed by atoms with Crippen molar-refractivity contribution in [3.8, 4) is 17.3 Å². The Bertz CT molecular complexity index is 610. The lowest BCUT2D eigenvalue weighted by molar-refractivity contribution is -0.0644. The average molecular weight is 326 g/mol. The van der Waals surface area contributed by atoms with E-state index in [9.17, 15) is 0 Å². The number of aromatic nitrogens is 3. The zero-order valence-electron chi connectivity index (χ0n) is 10.5. The van der Waals surface area contributed by atoms with Gasteiger partial charge in [-0.05, 0) is 35.0 Å². The van der Waals surface area contributed by atoms with Crippen molar-refractivity contribution < 1.29 is 14.0 Å². The maximum atomic E-state index is 5.29. The van der Waals surface area contributed by atoms with Crippen LogP contribution in [0.4, 0.5) is 0 Å². The van der Waals surface area contributed by atoms with Gasteiger partial charge in [-0.3, -0.25) is 0 Å². The molecule has 0 amide bonds. The predicted octanol–water partition coefficient (Wildman–Crippen LogP) is 2.19. The molecule has 0 bridgehead atoms. The molecule has 3 rings (SSSR count). The maximum absolute atomic E-state index is 5.29. The Morgan fingerprint density at radius 1 is 1.32 bits per heavy atom. The molecule has 2 aromatic rings. The van der Waals surface area contributed by atoms with E-state index in [1.807, 2.05) is 6.92 Å². The monoisotopic (exact) mass is 325 g/mol. The number of nitrogens with zero attached hydrogens (tertiary/aromatic N) is 3. The van der Waals surface area contributed by atoms with Gasteiger partial charge in [0.2, 0.25) is 11.7 Å². The summed E-state index contributed by atoms with van der Waals surface area (Å²) in [7, 11) is 1.59. The van der Waals surface area contributed by atoms with Gasteiger partial charge in [-0.15, -0.1) is 0 Å². The molecule has 0 N–H and O–H groups in total. The van der Waals surface area contributed by atoms with Gasteiger partial charge in [0, 0.05) is 0 Å². The molecule has 0 aliphatic carbocycles. The standard InChI is InChI=1S/C12H12BrN3O3/c1-12(5-18-6-12)11-15-10(16-19-11)7-3-4-8(17-2)9(13)14-7/h3-4H,5-6H2,1-2H3. The van der Waals surface area contributed by atoms with Gasteiger partial charge in [0.15, 0.2) is 5.75 Å². The van der Waals surface area contributed by atoms with E-state index < -0.39 is 0 Å². The van der Waals surface area contributed by atoms with E-state index in [2.05, 4.69) is 31.1 Å². The molecule has 1 aliphatic heterocycles. The van der Waals surface area contributed by atoms with Crippen LogP contribution < -0.4 is 4.74 Å². The molecule has 0 unspecified atom stereocenters. The minimum Gasteiger partial charge on any atom is -0.494 e. The van der Waals surface area contributed by atoms with Crippen LogP contribution >= 0.6 is 15.9 Å². The van der Waals surface area contributed by atoms with Crippen molar-refractivity contribution in [1.29, 1.82) is 0 Å². The summed E-state index contributed by atoms with van der Waals surface area (Å²) in [5.74, 6) is 1.71. The highest BCUT2D eigenvalue weighted by atomic mass is 79.9. The van der Waals surface area contributed by atoms with Gasteiger partial charge in [0.25, 0.3) is 0 Å². The fourth-order valence-corrected chi connectivity index (χ4v) is 2.29. The zero-order valence-corrected chi connectivity index (χ0v) is 12.1. The maximum Gasteiger partial charge on any atom is 0.237 e. The molecule has 1 fully saturated rings. The van der Waals surface area contributed by atoms with Crippen LogP contribution in [0.1, 0.15) is 12.8 Å². The Morgan fingerprint density at radius 2 is 2.11 bits per heavy atom. The number of ether oxygens (including phenoxy) is 2. The van der Waals surface area contributed by atoms with Crippen molar-refractivity contribution in [2.24, 2.45) is 0 Å². The smallest absolute Gasteiger partial charge is 0.237 e. The van der Waals surface area contributed by atoms with Gasteiger partial charge in [-0.1, -0.05) is 5.16 Å². The fraction of sp³-hybridized carbons (Fsp3) is 0.417. The minimum absolute atomic E-state index is 0.172. The van der Waals surface area contributed by atoms with E-state index in [1.54, 1.807) is 19.2 Å². The molecule has 0 saturated carbocycles. The second kappa shape index (κ2) is 4.57. The van der Waals surface area contributed by atoms with Crippen molar-refractivity contribution in [3.05, 3.63) is 22.6 Å². The van der Waals surface area contributed by atoms with Gasteiger partial charge in [0.1, 0.15) is 10.3 Å². The van der Waals surface area contributed by atoms with E-state index in [1.165, 1.54) is 0 Å². The van der Waals surface area contributed by atoms with Gasteiger partial charge < -0.3 is 14.0 Å². The first-order valence-electron chi connectivity index (χ1n) is 5.75. The topological polar surface area (TPSA) is 70.3 Å². The molecule has 0 radical (unpaired) electrons. The second-order valence-electron chi connectivity index (χ2n) is 4.67. The van der Waals surface area contributed by atoms with Crippen LogP contribution in [0.2, 0.25) is 0 Å². The fourth-order valence-electron chi connectivity index (χ4n) is 1.80. The Morgan fingerprint density at radius 3 is 2.68 bits per heavy atom. The first-order valence-corrected chi connectivity index (χ1v) is 6.54. The molecule has 1 saturated heterocycles. The molecule has 19 heavy (non-hydrogen) atoms. The zero-order chi connectivity index (χ0) is 13.5. The highest BCUT2D eigenvalue weighted by Crippen LogP contribution is 2.32. The molecule has 1 aliphatic rings. The summed E-state index contributed by atoms with van der Waals surface area (Å²) in [4.78, 5) is 8.72. The van der Waals surface area contributed by atoms with Crippen molar-refractivity contribution in [2.75, 3.05) is 20.3 Å². The molecule has 0 atom stereocenters. The second-order valence-corrected chi connectivity index (χ2v) is 5.42. The highest BCUT2D eigenvalue weighted by Gasteiger charge is 2.41. The molecule has 6 nitrogen and oxygen atoms in total. The lowest BCUT2D eigenvalue weighted by Crippen LogP contribution is -2.44. The van der Waals surface area contributed by atoms with E-state index in [0.29, 0.717) is 41.0 Å². The van der Waals surface area contributed by atoms with Gasteiger partial charge >= 0.3 is 0 Å². The third-order valence-electron chi connectivity index (χ3n) is 3.05. The summed E-state index contributed by atoms with van der Waals surface area (Å²) in [5.41, 5.74) is 0.459.